The van der Waals surface area contributed by atoms with Crippen LogP contribution in [0.15, 0.2) is 18.2 Å². The van der Waals surface area contributed by atoms with Crippen molar-refractivity contribution in [3.63, 3.8) is 0 Å². The summed E-state index contributed by atoms with van der Waals surface area (Å²) in [4.78, 5) is 0. The normalized spacial score (nSPS) is 10.2. The van der Waals surface area contributed by atoms with Gasteiger partial charge in [0, 0.05) is 5.56 Å². The van der Waals surface area contributed by atoms with Gasteiger partial charge in [-0.1, -0.05) is 17.9 Å². The van der Waals surface area contributed by atoms with Gasteiger partial charge in [-0.2, -0.15) is 18.4 Å². The predicted octanol–water partition coefficient (Wildman–Crippen LogP) is 3.11. The van der Waals surface area contributed by atoms with Crippen LogP contribution >= 0.6 is 0 Å². The van der Waals surface area contributed by atoms with Crippen molar-refractivity contribution in [2.75, 3.05) is 0 Å². The molecule has 5 heteroatoms. The molecular weight excluding hydrogens is 222 g/mol. The fourth-order valence-corrected chi connectivity index (χ4v) is 1.10. The minimum absolute atomic E-state index is 0.201. The third-order valence-electron chi connectivity index (χ3n) is 1.69. The summed E-state index contributed by atoms with van der Waals surface area (Å²) in [5, 5.41) is 8.18. The van der Waals surface area contributed by atoms with E-state index in [2.05, 4.69) is 11.8 Å². The van der Waals surface area contributed by atoms with E-state index in [1.54, 1.807) is 6.07 Å². The van der Waals surface area contributed by atoms with E-state index in [4.69, 9.17) is 5.26 Å². The average Bonchev–Trinajstić information content (AvgIpc) is 2.16. The highest BCUT2D eigenvalue weighted by molar-refractivity contribution is 5.43. The summed E-state index contributed by atoms with van der Waals surface area (Å²) in [6.07, 6.45) is -4.99. The van der Waals surface area contributed by atoms with Crippen LogP contribution in [0.5, 0.6) is 0 Å². The summed E-state index contributed by atoms with van der Waals surface area (Å²) >= 11 is 0. The Morgan fingerprint density at radius 3 is 2.50 bits per heavy atom. The number of hydrogen-bond acceptors (Lipinski definition) is 1. The second-order valence-electron chi connectivity index (χ2n) is 2.80. The van der Waals surface area contributed by atoms with Crippen LogP contribution in [0, 0.1) is 29.0 Å². The van der Waals surface area contributed by atoms with Crippen LogP contribution in [0.1, 0.15) is 17.5 Å². The van der Waals surface area contributed by atoms with E-state index in [1.807, 2.05) is 0 Å². The highest BCUT2D eigenvalue weighted by atomic mass is 19.4. The van der Waals surface area contributed by atoms with Crippen molar-refractivity contribution in [2.24, 2.45) is 0 Å². The molecule has 0 radical (unpaired) electrons. The fraction of sp³-hybridized carbons (Fsp3) is 0.182. The van der Waals surface area contributed by atoms with Crippen molar-refractivity contribution in [3.8, 4) is 17.9 Å². The molecule has 16 heavy (non-hydrogen) atoms. The summed E-state index contributed by atoms with van der Waals surface area (Å²) < 4.78 is 50.3. The second-order valence-corrected chi connectivity index (χ2v) is 2.80. The van der Waals surface area contributed by atoms with Crippen molar-refractivity contribution in [3.05, 3.63) is 35.1 Å². The largest absolute Gasteiger partial charge is 0.420 e. The number of alkyl halides is 3. The van der Waals surface area contributed by atoms with Gasteiger partial charge in [0.05, 0.1) is 12.5 Å². The Bertz CT molecular complexity index is 485. The average molecular weight is 227 g/mol. The lowest BCUT2D eigenvalue weighted by molar-refractivity contribution is -0.140. The van der Waals surface area contributed by atoms with Gasteiger partial charge in [-0.05, 0) is 12.1 Å². The van der Waals surface area contributed by atoms with Gasteiger partial charge in [0.1, 0.15) is 11.4 Å². The zero-order valence-electron chi connectivity index (χ0n) is 7.90. The SMILES string of the molecule is N#CCC#Cc1cccc(F)c1C(F)(F)F. The lowest BCUT2D eigenvalue weighted by Gasteiger charge is -2.09. The van der Waals surface area contributed by atoms with Gasteiger partial charge in [-0.3, -0.25) is 0 Å². The first kappa shape index (κ1) is 12.1. The molecule has 1 rings (SSSR count). The lowest BCUT2D eigenvalue weighted by Crippen LogP contribution is -2.10. The number of halogens is 4. The zero-order valence-corrected chi connectivity index (χ0v) is 7.90. The molecule has 0 N–H and O–H groups in total. The molecule has 0 aliphatic carbocycles. The summed E-state index contributed by atoms with van der Waals surface area (Å²) in [6.45, 7) is 0. The van der Waals surface area contributed by atoms with Crippen LogP contribution in [0.3, 0.4) is 0 Å². The molecule has 0 saturated heterocycles. The highest BCUT2D eigenvalue weighted by Gasteiger charge is 2.36. The van der Waals surface area contributed by atoms with E-state index in [9.17, 15) is 17.6 Å². The molecule has 0 amide bonds. The van der Waals surface area contributed by atoms with Crippen molar-refractivity contribution in [1.29, 1.82) is 5.26 Å². The second kappa shape index (κ2) is 4.67. The minimum Gasteiger partial charge on any atom is -0.206 e. The van der Waals surface area contributed by atoms with Crippen molar-refractivity contribution in [1.82, 2.24) is 0 Å². The molecule has 0 aliphatic heterocycles. The van der Waals surface area contributed by atoms with Gasteiger partial charge in [0.25, 0.3) is 0 Å². The van der Waals surface area contributed by atoms with E-state index in [-0.39, 0.29) is 6.42 Å². The molecule has 0 aromatic heterocycles. The molecule has 1 aromatic rings. The Hall–Kier alpha value is -2.01. The number of benzene rings is 1. The molecule has 0 fully saturated rings. The summed E-state index contributed by atoms with van der Waals surface area (Å²) in [5.41, 5.74) is -1.84. The Balaban J connectivity index is 3.27. The fourth-order valence-electron chi connectivity index (χ4n) is 1.10. The zero-order chi connectivity index (χ0) is 12.2. The van der Waals surface area contributed by atoms with Crippen molar-refractivity contribution in [2.45, 2.75) is 12.6 Å². The van der Waals surface area contributed by atoms with E-state index < -0.39 is 23.1 Å². The van der Waals surface area contributed by atoms with Crippen LogP contribution in [0.4, 0.5) is 17.6 Å². The highest BCUT2D eigenvalue weighted by Crippen LogP contribution is 2.33. The van der Waals surface area contributed by atoms with Crippen molar-refractivity contribution < 1.29 is 17.6 Å². The Labute approximate surface area is 89.3 Å². The standard InChI is InChI=1S/C11H5F4N/c12-9-6-3-5-8(4-1-2-7-16)10(9)11(13,14)15/h3,5-6H,2H2. The lowest BCUT2D eigenvalue weighted by atomic mass is 10.1. The first-order valence-electron chi connectivity index (χ1n) is 4.18. The van der Waals surface area contributed by atoms with E-state index in [0.717, 1.165) is 18.2 Å². The quantitative estimate of drug-likeness (QED) is 0.493. The van der Waals surface area contributed by atoms with Crippen LogP contribution in [-0.2, 0) is 6.18 Å². The molecule has 1 aromatic carbocycles. The van der Waals surface area contributed by atoms with Gasteiger partial charge < -0.3 is 0 Å². The smallest absolute Gasteiger partial charge is 0.206 e. The Kier molecular flexibility index (Phi) is 3.52. The molecule has 0 bridgehead atoms. The number of rotatable bonds is 0. The molecule has 0 aliphatic rings. The number of nitrogens with zero attached hydrogens (tertiary/aromatic N) is 1. The predicted molar refractivity (Wildman–Crippen MR) is 48.5 cm³/mol. The Morgan fingerprint density at radius 2 is 1.94 bits per heavy atom. The number of nitriles is 1. The van der Waals surface area contributed by atoms with Crippen LogP contribution in [0.2, 0.25) is 0 Å². The van der Waals surface area contributed by atoms with E-state index in [1.165, 1.54) is 0 Å². The molecule has 0 atom stereocenters. The van der Waals surface area contributed by atoms with Gasteiger partial charge in [-0.25, -0.2) is 4.39 Å². The van der Waals surface area contributed by atoms with Crippen LogP contribution < -0.4 is 0 Å². The third-order valence-corrected chi connectivity index (χ3v) is 1.69. The molecule has 0 saturated carbocycles. The van der Waals surface area contributed by atoms with Gasteiger partial charge in [0.2, 0.25) is 0 Å². The molecule has 1 nitrogen and oxygen atoms in total. The maximum Gasteiger partial charge on any atom is 0.420 e. The molecule has 0 spiro atoms. The van der Waals surface area contributed by atoms with Gasteiger partial charge >= 0.3 is 6.18 Å². The minimum atomic E-state index is -4.79. The van der Waals surface area contributed by atoms with E-state index in [0.29, 0.717) is 0 Å². The monoisotopic (exact) mass is 227 g/mol. The van der Waals surface area contributed by atoms with Crippen LogP contribution in [0.25, 0.3) is 0 Å². The maximum absolute atomic E-state index is 13.0. The van der Waals surface area contributed by atoms with Gasteiger partial charge in [0.15, 0.2) is 0 Å². The van der Waals surface area contributed by atoms with E-state index >= 15 is 0 Å². The van der Waals surface area contributed by atoms with Crippen LogP contribution in [-0.4, -0.2) is 0 Å². The molecule has 0 heterocycles. The topological polar surface area (TPSA) is 23.8 Å². The van der Waals surface area contributed by atoms with Gasteiger partial charge in [-0.15, -0.1) is 0 Å². The first-order chi connectivity index (χ1) is 7.46. The summed E-state index contributed by atoms with van der Waals surface area (Å²) in [7, 11) is 0. The Morgan fingerprint density at radius 1 is 1.25 bits per heavy atom. The molecular formula is C11H5F4N. The first-order valence-corrected chi connectivity index (χ1v) is 4.18. The number of hydrogen-bond donors (Lipinski definition) is 0. The molecule has 0 unspecified atom stereocenters. The summed E-state index contributed by atoms with van der Waals surface area (Å²) in [5.74, 6) is 2.98. The summed E-state index contributed by atoms with van der Waals surface area (Å²) in [6, 6.07) is 4.59. The molecule has 82 valence electrons. The third kappa shape index (κ3) is 2.74. The van der Waals surface area contributed by atoms with Crippen molar-refractivity contribution >= 4 is 0 Å². The maximum atomic E-state index is 13.0.